The van der Waals surface area contributed by atoms with Crippen molar-refractivity contribution in [2.75, 3.05) is 20.1 Å². The predicted molar refractivity (Wildman–Crippen MR) is 69.4 cm³/mol. The molecule has 1 heteroatoms. The lowest BCUT2D eigenvalue weighted by atomic mass is 10.1. The van der Waals surface area contributed by atoms with Crippen molar-refractivity contribution in [2.45, 2.75) is 38.6 Å². The molecule has 88 valence electrons. The van der Waals surface area contributed by atoms with Crippen LogP contribution in [0.1, 0.15) is 31.7 Å². The van der Waals surface area contributed by atoms with Gasteiger partial charge in [-0.05, 0) is 12.0 Å². The Morgan fingerprint density at radius 2 is 2.00 bits per heavy atom. The SMILES string of the molecule is CC[C@H]1CCC[N+]1(C)CCc1ccccc1. The Kier molecular flexibility index (Phi) is 3.65. The van der Waals surface area contributed by atoms with Gasteiger partial charge < -0.3 is 4.48 Å². The second-order valence-electron chi connectivity index (χ2n) is 5.37. The molecule has 0 saturated carbocycles. The van der Waals surface area contributed by atoms with E-state index in [1.807, 2.05) is 0 Å². The number of likely N-dealkylation sites (N-methyl/N-ethyl adjacent to an activating group) is 1. The summed E-state index contributed by atoms with van der Waals surface area (Å²) in [6, 6.07) is 11.8. The van der Waals surface area contributed by atoms with E-state index >= 15 is 0 Å². The highest BCUT2D eigenvalue weighted by atomic mass is 15.4. The summed E-state index contributed by atoms with van der Waals surface area (Å²) >= 11 is 0. The highest BCUT2D eigenvalue weighted by molar-refractivity contribution is 5.14. The number of rotatable bonds is 4. The molecule has 0 spiro atoms. The molecule has 0 aromatic heterocycles. The smallest absolute Gasteiger partial charge is 0.0887 e. The van der Waals surface area contributed by atoms with Crippen molar-refractivity contribution in [1.82, 2.24) is 0 Å². The molecular weight excluding hydrogens is 194 g/mol. The van der Waals surface area contributed by atoms with Crippen molar-refractivity contribution in [3.63, 3.8) is 0 Å². The summed E-state index contributed by atoms with van der Waals surface area (Å²) in [4.78, 5) is 0. The number of quaternary nitrogens is 1. The zero-order valence-corrected chi connectivity index (χ0v) is 10.7. The van der Waals surface area contributed by atoms with E-state index in [1.165, 1.54) is 48.8 Å². The molecule has 0 bridgehead atoms. The van der Waals surface area contributed by atoms with Gasteiger partial charge in [-0.25, -0.2) is 0 Å². The van der Waals surface area contributed by atoms with Gasteiger partial charge in [0.1, 0.15) is 0 Å². The molecule has 2 rings (SSSR count). The van der Waals surface area contributed by atoms with E-state index in [0.717, 1.165) is 6.04 Å². The first-order valence-electron chi connectivity index (χ1n) is 6.63. The van der Waals surface area contributed by atoms with Gasteiger partial charge in [-0.1, -0.05) is 37.3 Å². The Labute approximate surface area is 99.7 Å². The molecule has 0 N–H and O–H groups in total. The zero-order valence-electron chi connectivity index (χ0n) is 10.7. The molecule has 1 saturated heterocycles. The summed E-state index contributed by atoms with van der Waals surface area (Å²) in [5, 5.41) is 0. The molecule has 1 aromatic carbocycles. The summed E-state index contributed by atoms with van der Waals surface area (Å²) in [5.41, 5.74) is 1.49. The summed E-state index contributed by atoms with van der Waals surface area (Å²) in [6.07, 6.45) is 5.42. The summed E-state index contributed by atoms with van der Waals surface area (Å²) < 4.78 is 1.30. The Balaban J connectivity index is 1.94. The quantitative estimate of drug-likeness (QED) is 0.681. The Morgan fingerprint density at radius 3 is 2.69 bits per heavy atom. The molecule has 1 aromatic rings. The van der Waals surface area contributed by atoms with Gasteiger partial charge in [-0.3, -0.25) is 0 Å². The van der Waals surface area contributed by atoms with Gasteiger partial charge in [-0.15, -0.1) is 0 Å². The van der Waals surface area contributed by atoms with Crippen molar-refractivity contribution in [1.29, 1.82) is 0 Å². The van der Waals surface area contributed by atoms with Crippen molar-refractivity contribution < 1.29 is 4.48 Å². The average Bonchev–Trinajstić information content (AvgIpc) is 2.70. The van der Waals surface area contributed by atoms with Crippen LogP contribution < -0.4 is 0 Å². The third-order valence-corrected chi connectivity index (χ3v) is 4.31. The minimum Gasteiger partial charge on any atom is -0.323 e. The molecule has 2 atom stereocenters. The predicted octanol–water partition coefficient (Wildman–Crippen LogP) is 3.25. The van der Waals surface area contributed by atoms with Crippen LogP contribution in [0.15, 0.2) is 30.3 Å². The maximum absolute atomic E-state index is 2.45. The average molecular weight is 218 g/mol. The van der Waals surface area contributed by atoms with Gasteiger partial charge in [0.15, 0.2) is 0 Å². The van der Waals surface area contributed by atoms with Gasteiger partial charge in [-0.2, -0.15) is 0 Å². The van der Waals surface area contributed by atoms with Crippen molar-refractivity contribution in [3.8, 4) is 0 Å². The number of hydrogen-bond acceptors (Lipinski definition) is 0. The first-order chi connectivity index (χ1) is 7.74. The molecule has 0 aliphatic carbocycles. The molecule has 0 amide bonds. The topological polar surface area (TPSA) is 0 Å². The van der Waals surface area contributed by atoms with E-state index in [4.69, 9.17) is 0 Å². The Morgan fingerprint density at radius 1 is 1.25 bits per heavy atom. The monoisotopic (exact) mass is 218 g/mol. The molecule has 1 aliphatic heterocycles. The fourth-order valence-corrected chi connectivity index (χ4v) is 3.15. The second kappa shape index (κ2) is 5.01. The maximum Gasteiger partial charge on any atom is 0.0887 e. The number of benzene rings is 1. The van der Waals surface area contributed by atoms with Crippen LogP contribution in [0.4, 0.5) is 0 Å². The standard InChI is InChI=1S/C15H24N/c1-3-15-10-7-12-16(15,2)13-11-14-8-5-4-6-9-14/h4-6,8-9,15H,3,7,10-13H2,1-2H3/q+1/t15-,16?/m0/s1. The van der Waals surface area contributed by atoms with Crippen molar-refractivity contribution in [2.24, 2.45) is 0 Å². The normalized spacial score (nSPS) is 29.5. The lowest BCUT2D eigenvalue weighted by Gasteiger charge is -2.36. The van der Waals surface area contributed by atoms with Crippen LogP contribution in [-0.2, 0) is 6.42 Å². The van der Waals surface area contributed by atoms with E-state index in [9.17, 15) is 0 Å². The Hall–Kier alpha value is -0.820. The van der Waals surface area contributed by atoms with E-state index in [1.54, 1.807) is 0 Å². The number of hydrogen-bond donors (Lipinski definition) is 0. The van der Waals surface area contributed by atoms with Crippen molar-refractivity contribution in [3.05, 3.63) is 35.9 Å². The molecule has 1 fully saturated rings. The molecular formula is C15H24N+. The van der Waals surface area contributed by atoms with Crippen LogP contribution in [0, 0.1) is 0 Å². The first kappa shape index (κ1) is 11.7. The fourth-order valence-electron chi connectivity index (χ4n) is 3.15. The molecule has 16 heavy (non-hydrogen) atoms. The third-order valence-electron chi connectivity index (χ3n) is 4.31. The van der Waals surface area contributed by atoms with Crippen LogP contribution in [-0.4, -0.2) is 30.7 Å². The summed E-state index contributed by atoms with van der Waals surface area (Å²) in [7, 11) is 2.45. The molecule has 1 unspecified atom stereocenters. The maximum atomic E-state index is 2.45. The third kappa shape index (κ3) is 2.46. The van der Waals surface area contributed by atoms with Gasteiger partial charge >= 0.3 is 0 Å². The minimum absolute atomic E-state index is 0.906. The number of nitrogens with zero attached hydrogens (tertiary/aromatic N) is 1. The van der Waals surface area contributed by atoms with Crippen LogP contribution in [0.5, 0.6) is 0 Å². The van der Waals surface area contributed by atoms with Crippen LogP contribution in [0.3, 0.4) is 0 Å². The van der Waals surface area contributed by atoms with E-state index in [2.05, 4.69) is 44.3 Å². The lowest BCUT2D eigenvalue weighted by molar-refractivity contribution is -0.921. The van der Waals surface area contributed by atoms with E-state index < -0.39 is 0 Å². The lowest BCUT2D eigenvalue weighted by Crippen LogP contribution is -2.48. The molecule has 1 heterocycles. The van der Waals surface area contributed by atoms with Gasteiger partial charge in [0.25, 0.3) is 0 Å². The summed E-state index contributed by atoms with van der Waals surface area (Å²) in [6.45, 7) is 5.03. The van der Waals surface area contributed by atoms with Crippen LogP contribution in [0.25, 0.3) is 0 Å². The molecule has 0 radical (unpaired) electrons. The largest absolute Gasteiger partial charge is 0.323 e. The van der Waals surface area contributed by atoms with E-state index in [-0.39, 0.29) is 0 Å². The van der Waals surface area contributed by atoms with Crippen LogP contribution >= 0.6 is 0 Å². The molecule has 1 aliphatic rings. The van der Waals surface area contributed by atoms with Crippen LogP contribution in [0.2, 0.25) is 0 Å². The number of likely N-dealkylation sites (tertiary alicyclic amines) is 1. The van der Waals surface area contributed by atoms with Crippen molar-refractivity contribution >= 4 is 0 Å². The summed E-state index contributed by atoms with van der Waals surface area (Å²) in [5.74, 6) is 0. The first-order valence-corrected chi connectivity index (χ1v) is 6.63. The Bertz CT molecular complexity index is 319. The second-order valence-corrected chi connectivity index (χ2v) is 5.37. The fraction of sp³-hybridized carbons (Fsp3) is 0.600. The molecule has 1 nitrogen and oxygen atoms in total. The highest BCUT2D eigenvalue weighted by Gasteiger charge is 2.35. The van der Waals surface area contributed by atoms with Gasteiger partial charge in [0.05, 0.1) is 26.2 Å². The van der Waals surface area contributed by atoms with Gasteiger partial charge in [0.2, 0.25) is 0 Å². The van der Waals surface area contributed by atoms with E-state index in [0.29, 0.717) is 0 Å². The van der Waals surface area contributed by atoms with Gasteiger partial charge in [0, 0.05) is 19.3 Å². The highest BCUT2D eigenvalue weighted by Crippen LogP contribution is 2.27. The zero-order chi connectivity index (χ0) is 11.4. The minimum atomic E-state index is 0.906.